The highest BCUT2D eigenvalue weighted by Gasteiger charge is 2.08. The summed E-state index contributed by atoms with van der Waals surface area (Å²) in [6.45, 7) is 0. The molecule has 0 heterocycles. The molecular formula is C18H11Cl3. The molecule has 0 saturated carbocycles. The van der Waals surface area contributed by atoms with Crippen molar-refractivity contribution in [3.05, 3.63) is 81.8 Å². The van der Waals surface area contributed by atoms with Crippen molar-refractivity contribution in [1.82, 2.24) is 0 Å². The Morgan fingerprint density at radius 1 is 0.476 bits per heavy atom. The maximum absolute atomic E-state index is 6.24. The van der Waals surface area contributed by atoms with Crippen LogP contribution < -0.4 is 0 Å². The molecule has 3 rings (SSSR count). The smallest absolute Gasteiger partial charge is 0.0499 e. The van der Waals surface area contributed by atoms with Crippen LogP contribution in [0.5, 0.6) is 0 Å². The Labute approximate surface area is 138 Å². The van der Waals surface area contributed by atoms with Crippen LogP contribution >= 0.6 is 34.8 Å². The zero-order chi connectivity index (χ0) is 14.8. The van der Waals surface area contributed by atoms with Crippen LogP contribution in [0.15, 0.2) is 66.7 Å². The van der Waals surface area contributed by atoms with Gasteiger partial charge in [0.15, 0.2) is 0 Å². The van der Waals surface area contributed by atoms with Crippen LogP contribution in [0.3, 0.4) is 0 Å². The molecule has 0 aromatic heterocycles. The Hall–Kier alpha value is -1.47. The van der Waals surface area contributed by atoms with Gasteiger partial charge in [0.05, 0.1) is 0 Å². The summed E-state index contributed by atoms with van der Waals surface area (Å²) >= 11 is 18.4. The van der Waals surface area contributed by atoms with E-state index in [4.69, 9.17) is 34.8 Å². The number of hydrogen-bond donors (Lipinski definition) is 0. The summed E-state index contributed by atoms with van der Waals surface area (Å²) in [5.74, 6) is 0. The average molecular weight is 334 g/mol. The predicted octanol–water partition coefficient (Wildman–Crippen LogP) is 6.98. The molecule has 3 aromatic rings. The number of halogens is 3. The minimum absolute atomic E-state index is 0.654. The second kappa shape index (κ2) is 6.11. The van der Waals surface area contributed by atoms with Gasteiger partial charge in [-0.05, 0) is 41.0 Å². The molecule has 3 heteroatoms. The molecule has 0 nitrogen and oxygen atoms in total. The van der Waals surface area contributed by atoms with Crippen LogP contribution in [0.2, 0.25) is 15.1 Å². The third-order valence-electron chi connectivity index (χ3n) is 3.31. The minimum Gasteiger partial charge on any atom is -0.0843 e. The Morgan fingerprint density at radius 2 is 0.905 bits per heavy atom. The first kappa shape index (κ1) is 14.5. The highest BCUT2D eigenvalue weighted by Crippen LogP contribution is 2.35. The standard InChI is InChI=1S/C18H11Cl3/c19-15-10-8-13(9-11-15)12-4-6-14(7-5-12)18-16(20)2-1-3-17(18)21/h1-11H. The van der Waals surface area contributed by atoms with E-state index in [0.717, 1.165) is 27.3 Å². The van der Waals surface area contributed by atoms with Gasteiger partial charge in [0.25, 0.3) is 0 Å². The first-order valence-corrected chi connectivity index (χ1v) is 7.59. The molecule has 0 unspecified atom stereocenters. The molecule has 0 aliphatic heterocycles. The Morgan fingerprint density at radius 3 is 1.43 bits per heavy atom. The van der Waals surface area contributed by atoms with Gasteiger partial charge in [-0.2, -0.15) is 0 Å². The van der Waals surface area contributed by atoms with Gasteiger partial charge < -0.3 is 0 Å². The zero-order valence-electron chi connectivity index (χ0n) is 11.0. The van der Waals surface area contributed by atoms with Gasteiger partial charge in [0, 0.05) is 20.6 Å². The molecule has 0 fully saturated rings. The average Bonchev–Trinajstić information content (AvgIpc) is 2.49. The quantitative estimate of drug-likeness (QED) is 0.474. The summed E-state index contributed by atoms with van der Waals surface area (Å²) in [6.07, 6.45) is 0. The monoisotopic (exact) mass is 332 g/mol. The van der Waals surface area contributed by atoms with Crippen molar-refractivity contribution >= 4 is 34.8 Å². The predicted molar refractivity (Wildman–Crippen MR) is 92.3 cm³/mol. The lowest BCUT2D eigenvalue weighted by atomic mass is 10.0. The second-order valence-electron chi connectivity index (χ2n) is 4.68. The van der Waals surface area contributed by atoms with Crippen molar-refractivity contribution in [1.29, 1.82) is 0 Å². The van der Waals surface area contributed by atoms with Crippen molar-refractivity contribution in [3.8, 4) is 22.3 Å². The van der Waals surface area contributed by atoms with E-state index in [1.807, 2.05) is 54.6 Å². The van der Waals surface area contributed by atoms with E-state index in [0.29, 0.717) is 10.0 Å². The van der Waals surface area contributed by atoms with Gasteiger partial charge in [0.1, 0.15) is 0 Å². The molecule has 0 aliphatic rings. The van der Waals surface area contributed by atoms with Gasteiger partial charge in [0.2, 0.25) is 0 Å². The van der Waals surface area contributed by atoms with Gasteiger partial charge >= 0.3 is 0 Å². The topological polar surface area (TPSA) is 0 Å². The third kappa shape index (κ3) is 3.08. The van der Waals surface area contributed by atoms with Crippen molar-refractivity contribution in [2.24, 2.45) is 0 Å². The molecule has 3 aromatic carbocycles. The first-order valence-electron chi connectivity index (χ1n) is 6.45. The van der Waals surface area contributed by atoms with E-state index in [-0.39, 0.29) is 0 Å². The lowest BCUT2D eigenvalue weighted by molar-refractivity contribution is 1.59. The summed E-state index contributed by atoms with van der Waals surface area (Å²) in [4.78, 5) is 0. The minimum atomic E-state index is 0.654. The lowest BCUT2D eigenvalue weighted by Crippen LogP contribution is -1.83. The lowest BCUT2D eigenvalue weighted by Gasteiger charge is -2.08. The van der Waals surface area contributed by atoms with Crippen LogP contribution in [0, 0.1) is 0 Å². The largest absolute Gasteiger partial charge is 0.0843 e. The summed E-state index contributed by atoms with van der Waals surface area (Å²) in [5, 5.41) is 2.04. The van der Waals surface area contributed by atoms with E-state index in [9.17, 15) is 0 Å². The van der Waals surface area contributed by atoms with Crippen LogP contribution in [0.25, 0.3) is 22.3 Å². The first-order chi connectivity index (χ1) is 10.1. The molecule has 0 saturated heterocycles. The zero-order valence-corrected chi connectivity index (χ0v) is 13.3. The molecular weight excluding hydrogens is 323 g/mol. The van der Waals surface area contributed by atoms with Crippen molar-refractivity contribution in [2.75, 3.05) is 0 Å². The van der Waals surface area contributed by atoms with Crippen LogP contribution in [-0.4, -0.2) is 0 Å². The summed E-state index contributed by atoms with van der Waals surface area (Å²) in [5.41, 5.74) is 4.11. The summed E-state index contributed by atoms with van der Waals surface area (Å²) < 4.78 is 0. The second-order valence-corrected chi connectivity index (χ2v) is 5.93. The highest BCUT2D eigenvalue weighted by molar-refractivity contribution is 6.39. The maximum Gasteiger partial charge on any atom is 0.0499 e. The molecule has 0 atom stereocenters. The number of rotatable bonds is 2. The fourth-order valence-electron chi connectivity index (χ4n) is 2.25. The highest BCUT2D eigenvalue weighted by atomic mass is 35.5. The van der Waals surface area contributed by atoms with Gasteiger partial charge in [-0.1, -0.05) is 77.3 Å². The van der Waals surface area contributed by atoms with Gasteiger partial charge in [-0.25, -0.2) is 0 Å². The van der Waals surface area contributed by atoms with Crippen molar-refractivity contribution in [2.45, 2.75) is 0 Å². The number of hydrogen-bond acceptors (Lipinski definition) is 0. The molecule has 21 heavy (non-hydrogen) atoms. The fourth-order valence-corrected chi connectivity index (χ4v) is 2.99. The van der Waals surface area contributed by atoms with Gasteiger partial charge in [-0.15, -0.1) is 0 Å². The fraction of sp³-hybridized carbons (Fsp3) is 0. The molecule has 0 bridgehead atoms. The van der Waals surface area contributed by atoms with E-state index < -0.39 is 0 Å². The SMILES string of the molecule is Clc1ccc(-c2ccc(-c3c(Cl)cccc3Cl)cc2)cc1. The molecule has 0 amide bonds. The van der Waals surface area contributed by atoms with Gasteiger partial charge in [-0.3, -0.25) is 0 Å². The van der Waals surface area contributed by atoms with Crippen LogP contribution in [0.4, 0.5) is 0 Å². The van der Waals surface area contributed by atoms with E-state index in [2.05, 4.69) is 12.1 Å². The van der Waals surface area contributed by atoms with Crippen LogP contribution in [-0.2, 0) is 0 Å². The van der Waals surface area contributed by atoms with E-state index in [1.165, 1.54) is 0 Å². The normalized spacial score (nSPS) is 10.6. The number of benzene rings is 3. The summed E-state index contributed by atoms with van der Waals surface area (Å²) in [6, 6.07) is 21.5. The van der Waals surface area contributed by atoms with E-state index >= 15 is 0 Å². The third-order valence-corrected chi connectivity index (χ3v) is 4.20. The molecule has 0 spiro atoms. The Kier molecular flexibility index (Phi) is 4.21. The van der Waals surface area contributed by atoms with E-state index in [1.54, 1.807) is 0 Å². The van der Waals surface area contributed by atoms with Crippen LogP contribution in [0.1, 0.15) is 0 Å². The molecule has 0 N–H and O–H groups in total. The molecule has 0 radical (unpaired) electrons. The van der Waals surface area contributed by atoms with Crippen molar-refractivity contribution in [3.63, 3.8) is 0 Å². The molecule has 0 aliphatic carbocycles. The Bertz CT molecular complexity index is 739. The maximum atomic E-state index is 6.24. The Balaban J connectivity index is 2.00. The molecule has 104 valence electrons. The van der Waals surface area contributed by atoms with Crippen molar-refractivity contribution < 1.29 is 0 Å². The summed E-state index contributed by atoms with van der Waals surface area (Å²) in [7, 11) is 0.